The zero-order valence-corrected chi connectivity index (χ0v) is 23.7. The van der Waals surface area contributed by atoms with E-state index in [-0.39, 0.29) is 35.8 Å². The van der Waals surface area contributed by atoms with E-state index < -0.39 is 23.0 Å². The van der Waals surface area contributed by atoms with Gasteiger partial charge in [0.05, 0.1) is 16.7 Å². The standard InChI is InChI=1S/C30H38ClFN2O5/c1-18(2)20-11-21(19(3)4)13-23(12-20)39-17-28(37)34-30-9-7-29(8-10-30,15-26(30)35)33-27(36)16-38-22-5-6-24(31)25(32)14-22/h5-6,11-14,18-19,26,35H,7-10,15-17H2,1-4H3,(H,33,36)(H,34,37)/t26-,29?,30?/m0/s1. The Morgan fingerprint density at radius 2 is 1.49 bits per heavy atom. The summed E-state index contributed by atoms with van der Waals surface area (Å²) in [7, 11) is 0. The molecule has 3 N–H and O–H groups in total. The molecular weight excluding hydrogens is 523 g/mol. The van der Waals surface area contributed by atoms with Crippen LogP contribution in [0.15, 0.2) is 36.4 Å². The third kappa shape index (κ3) is 6.84. The normalized spacial score (nSPS) is 24.1. The lowest BCUT2D eigenvalue weighted by atomic mass is 9.60. The summed E-state index contributed by atoms with van der Waals surface area (Å²) in [6.07, 6.45) is 1.80. The summed E-state index contributed by atoms with van der Waals surface area (Å²) in [4.78, 5) is 25.5. The lowest BCUT2D eigenvalue weighted by Crippen LogP contribution is -2.70. The lowest BCUT2D eigenvalue weighted by Gasteiger charge is -2.56. The van der Waals surface area contributed by atoms with Crippen molar-refractivity contribution in [3.8, 4) is 11.5 Å². The van der Waals surface area contributed by atoms with Crippen LogP contribution in [0.4, 0.5) is 4.39 Å². The van der Waals surface area contributed by atoms with E-state index in [0.29, 0.717) is 49.7 Å². The Labute approximate surface area is 234 Å². The topological polar surface area (TPSA) is 96.9 Å². The predicted molar refractivity (Wildman–Crippen MR) is 148 cm³/mol. The molecule has 1 atom stereocenters. The number of benzene rings is 2. The van der Waals surface area contributed by atoms with Gasteiger partial charge in [-0.3, -0.25) is 9.59 Å². The smallest absolute Gasteiger partial charge is 0.258 e. The SMILES string of the molecule is CC(C)c1cc(OCC(=O)NC23CCC(NC(=O)COc4ccc(Cl)c(F)c4)(CC2)C[C@@H]3O)cc(C(C)C)c1. The van der Waals surface area contributed by atoms with Crippen molar-refractivity contribution in [3.63, 3.8) is 0 Å². The first-order valence-corrected chi connectivity index (χ1v) is 13.9. The summed E-state index contributed by atoms with van der Waals surface area (Å²) >= 11 is 5.68. The number of fused-ring (bicyclic) bond motifs is 3. The van der Waals surface area contributed by atoms with E-state index in [1.807, 2.05) is 12.1 Å². The molecule has 0 unspecified atom stereocenters. The summed E-state index contributed by atoms with van der Waals surface area (Å²) in [6.45, 7) is 8.07. The molecule has 39 heavy (non-hydrogen) atoms. The van der Waals surface area contributed by atoms with Crippen molar-refractivity contribution in [2.75, 3.05) is 13.2 Å². The van der Waals surface area contributed by atoms with Crippen molar-refractivity contribution < 1.29 is 28.6 Å². The highest BCUT2D eigenvalue weighted by molar-refractivity contribution is 6.30. The molecule has 0 aromatic heterocycles. The quantitative estimate of drug-likeness (QED) is 0.370. The Balaban J connectivity index is 1.30. The fraction of sp³-hybridized carbons (Fsp3) is 0.533. The van der Waals surface area contributed by atoms with Crippen LogP contribution in [0.5, 0.6) is 11.5 Å². The second kappa shape index (κ2) is 11.7. The minimum Gasteiger partial charge on any atom is -0.484 e. The number of hydrogen-bond acceptors (Lipinski definition) is 5. The number of halogens is 2. The molecule has 212 valence electrons. The molecule has 9 heteroatoms. The Morgan fingerprint density at radius 3 is 2.03 bits per heavy atom. The molecule has 0 heterocycles. The fourth-order valence-corrected chi connectivity index (χ4v) is 5.69. The molecule has 2 aromatic rings. The number of aliphatic hydroxyl groups is 1. The number of nitrogens with one attached hydrogen (secondary N) is 2. The summed E-state index contributed by atoms with van der Waals surface area (Å²) in [5.41, 5.74) is 1.01. The van der Waals surface area contributed by atoms with Crippen molar-refractivity contribution in [3.05, 3.63) is 58.4 Å². The minimum absolute atomic E-state index is 0.0215. The monoisotopic (exact) mass is 560 g/mol. The molecule has 3 fully saturated rings. The molecule has 0 saturated heterocycles. The van der Waals surface area contributed by atoms with Crippen molar-refractivity contribution in [2.45, 2.75) is 88.8 Å². The van der Waals surface area contributed by atoms with Crippen molar-refractivity contribution >= 4 is 23.4 Å². The van der Waals surface area contributed by atoms with E-state index in [1.54, 1.807) is 0 Å². The van der Waals surface area contributed by atoms with Crippen LogP contribution in [-0.2, 0) is 9.59 Å². The maximum Gasteiger partial charge on any atom is 0.258 e. The Bertz CT molecular complexity index is 1180. The number of aliphatic hydroxyl groups excluding tert-OH is 1. The number of hydrogen-bond donors (Lipinski definition) is 3. The van der Waals surface area contributed by atoms with Crippen LogP contribution < -0.4 is 20.1 Å². The first kappa shape index (κ1) is 29.2. The van der Waals surface area contributed by atoms with Crippen molar-refractivity contribution in [2.24, 2.45) is 0 Å². The predicted octanol–water partition coefficient (Wildman–Crippen LogP) is 5.23. The number of ether oxygens (including phenoxy) is 2. The molecule has 0 radical (unpaired) electrons. The zero-order chi connectivity index (χ0) is 28.4. The number of carbonyl (C=O) groups excluding carboxylic acids is 2. The van der Waals surface area contributed by atoms with Gasteiger partial charge in [-0.05, 0) is 79.3 Å². The van der Waals surface area contributed by atoms with E-state index in [9.17, 15) is 19.1 Å². The first-order chi connectivity index (χ1) is 18.4. The highest BCUT2D eigenvalue weighted by atomic mass is 35.5. The van der Waals surface area contributed by atoms with Gasteiger partial charge in [-0.15, -0.1) is 0 Å². The molecule has 2 aromatic carbocycles. The van der Waals surface area contributed by atoms with Gasteiger partial charge in [0.2, 0.25) is 0 Å². The molecule has 2 bridgehead atoms. The van der Waals surface area contributed by atoms with E-state index in [0.717, 1.165) is 17.2 Å². The summed E-state index contributed by atoms with van der Waals surface area (Å²) in [6, 6.07) is 10.1. The van der Waals surface area contributed by atoms with Gasteiger partial charge < -0.3 is 25.2 Å². The van der Waals surface area contributed by atoms with E-state index in [1.165, 1.54) is 12.1 Å². The third-order valence-electron chi connectivity index (χ3n) is 8.03. The molecule has 0 aliphatic heterocycles. The van der Waals surface area contributed by atoms with Gasteiger partial charge in [-0.1, -0.05) is 45.4 Å². The average Bonchev–Trinajstić information content (AvgIpc) is 2.89. The number of carbonyl (C=O) groups is 2. The summed E-state index contributed by atoms with van der Waals surface area (Å²) < 4.78 is 24.9. The minimum atomic E-state index is -0.813. The van der Waals surface area contributed by atoms with Gasteiger partial charge in [-0.25, -0.2) is 4.39 Å². The van der Waals surface area contributed by atoms with Crippen LogP contribution in [0.1, 0.15) is 82.8 Å². The molecule has 7 nitrogen and oxygen atoms in total. The van der Waals surface area contributed by atoms with Gasteiger partial charge in [0.1, 0.15) is 17.3 Å². The van der Waals surface area contributed by atoms with E-state index in [2.05, 4.69) is 44.4 Å². The van der Waals surface area contributed by atoms with Crippen LogP contribution in [0.3, 0.4) is 0 Å². The van der Waals surface area contributed by atoms with Crippen LogP contribution in [0.25, 0.3) is 0 Å². The lowest BCUT2D eigenvalue weighted by molar-refractivity contribution is -0.137. The highest BCUT2D eigenvalue weighted by Gasteiger charge is 2.55. The van der Waals surface area contributed by atoms with Crippen molar-refractivity contribution in [1.29, 1.82) is 0 Å². The van der Waals surface area contributed by atoms with E-state index >= 15 is 0 Å². The molecular formula is C30H38ClFN2O5. The Hall–Kier alpha value is -2.84. The van der Waals surface area contributed by atoms with Gasteiger partial charge >= 0.3 is 0 Å². The molecule has 2 amide bonds. The van der Waals surface area contributed by atoms with Crippen LogP contribution in [-0.4, -0.2) is 47.3 Å². The molecule has 3 saturated carbocycles. The fourth-order valence-electron chi connectivity index (χ4n) is 5.57. The molecule has 5 rings (SSSR count). The van der Waals surface area contributed by atoms with Crippen LogP contribution in [0, 0.1) is 5.82 Å². The molecule has 3 aliphatic rings. The Morgan fingerprint density at radius 1 is 0.923 bits per heavy atom. The van der Waals surface area contributed by atoms with Gasteiger partial charge in [0.15, 0.2) is 13.2 Å². The Kier molecular flexibility index (Phi) is 8.76. The zero-order valence-electron chi connectivity index (χ0n) is 23.0. The maximum atomic E-state index is 13.6. The second-order valence-electron chi connectivity index (χ2n) is 11.6. The third-order valence-corrected chi connectivity index (χ3v) is 8.34. The highest BCUT2D eigenvalue weighted by Crippen LogP contribution is 2.47. The first-order valence-electron chi connectivity index (χ1n) is 13.6. The number of rotatable bonds is 10. The van der Waals surface area contributed by atoms with Crippen LogP contribution in [0.2, 0.25) is 5.02 Å². The summed E-state index contributed by atoms with van der Waals surface area (Å²) in [5.74, 6) is 0.292. The van der Waals surface area contributed by atoms with E-state index in [4.69, 9.17) is 21.1 Å². The largest absolute Gasteiger partial charge is 0.484 e. The average molecular weight is 561 g/mol. The van der Waals surface area contributed by atoms with Gasteiger partial charge in [0, 0.05) is 11.6 Å². The summed E-state index contributed by atoms with van der Waals surface area (Å²) in [5, 5.41) is 17.1. The molecule has 3 aliphatic carbocycles. The van der Waals surface area contributed by atoms with Gasteiger partial charge in [0.25, 0.3) is 11.8 Å². The maximum absolute atomic E-state index is 13.6. The van der Waals surface area contributed by atoms with Gasteiger partial charge in [-0.2, -0.15) is 0 Å². The number of amides is 2. The molecule has 0 spiro atoms. The second-order valence-corrected chi connectivity index (χ2v) is 12.0. The van der Waals surface area contributed by atoms with Crippen LogP contribution >= 0.6 is 11.6 Å². The van der Waals surface area contributed by atoms with Crippen molar-refractivity contribution in [1.82, 2.24) is 10.6 Å².